The van der Waals surface area contributed by atoms with Gasteiger partial charge in [-0.3, -0.25) is 0 Å². The standard InChI is InChI=1S/C10H12ClNO2/c11-7-1-3-8(4-2-7)14-10-6-13-5-9(10)12/h1-4,9-10H,5-6,12H2/t9-,10+/m1/s1. The Morgan fingerprint density at radius 3 is 2.57 bits per heavy atom. The van der Waals surface area contributed by atoms with E-state index in [4.69, 9.17) is 26.8 Å². The first kappa shape index (κ1) is 9.77. The van der Waals surface area contributed by atoms with Gasteiger partial charge in [-0.15, -0.1) is 0 Å². The van der Waals surface area contributed by atoms with E-state index in [-0.39, 0.29) is 12.1 Å². The second kappa shape index (κ2) is 4.17. The lowest BCUT2D eigenvalue weighted by atomic mass is 10.2. The van der Waals surface area contributed by atoms with Crippen LogP contribution in [0.5, 0.6) is 5.75 Å². The molecule has 1 fully saturated rings. The molecule has 3 nitrogen and oxygen atoms in total. The number of ether oxygens (including phenoxy) is 2. The van der Waals surface area contributed by atoms with Crippen molar-refractivity contribution in [3.63, 3.8) is 0 Å². The van der Waals surface area contributed by atoms with E-state index in [9.17, 15) is 0 Å². The zero-order valence-electron chi connectivity index (χ0n) is 7.65. The van der Waals surface area contributed by atoms with Crippen LogP contribution in [0.2, 0.25) is 5.02 Å². The number of nitrogens with two attached hydrogens (primary N) is 1. The maximum Gasteiger partial charge on any atom is 0.139 e. The van der Waals surface area contributed by atoms with E-state index in [1.54, 1.807) is 12.1 Å². The van der Waals surface area contributed by atoms with E-state index in [0.717, 1.165) is 5.75 Å². The Bertz CT molecular complexity index is 301. The second-order valence-corrected chi connectivity index (χ2v) is 3.75. The van der Waals surface area contributed by atoms with Crippen molar-refractivity contribution in [3.8, 4) is 5.75 Å². The molecule has 1 heterocycles. The van der Waals surface area contributed by atoms with Gasteiger partial charge in [0.1, 0.15) is 11.9 Å². The molecule has 2 N–H and O–H groups in total. The SMILES string of the molecule is N[C@@H]1COC[C@@H]1Oc1ccc(Cl)cc1. The molecule has 0 unspecified atom stereocenters. The molecule has 14 heavy (non-hydrogen) atoms. The van der Waals surface area contributed by atoms with Crippen molar-refractivity contribution < 1.29 is 9.47 Å². The van der Waals surface area contributed by atoms with Crippen molar-refractivity contribution in [2.75, 3.05) is 13.2 Å². The highest BCUT2D eigenvalue weighted by atomic mass is 35.5. The van der Waals surface area contributed by atoms with Crippen molar-refractivity contribution in [1.29, 1.82) is 0 Å². The van der Waals surface area contributed by atoms with Gasteiger partial charge in [-0.1, -0.05) is 11.6 Å². The maximum absolute atomic E-state index is 5.78. The lowest BCUT2D eigenvalue weighted by Crippen LogP contribution is -2.37. The molecule has 1 aliphatic rings. The Morgan fingerprint density at radius 2 is 2.00 bits per heavy atom. The zero-order valence-corrected chi connectivity index (χ0v) is 8.41. The van der Waals surface area contributed by atoms with Crippen LogP contribution in [0.4, 0.5) is 0 Å². The minimum atomic E-state index is -0.0452. The summed E-state index contributed by atoms with van der Waals surface area (Å²) in [5, 5.41) is 0.698. The minimum Gasteiger partial charge on any atom is -0.486 e. The average molecular weight is 214 g/mol. The van der Waals surface area contributed by atoms with Gasteiger partial charge < -0.3 is 15.2 Å². The highest BCUT2D eigenvalue weighted by molar-refractivity contribution is 6.30. The van der Waals surface area contributed by atoms with Gasteiger partial charge in [-0.25, -0.2) is 0 Å². The second-order valence-electron chi connectivity index (χ2n) is 3.31. The summed E-state index contributed by atoms with van der Waals surface area (Å²) in [6.07, 6.45) is -0.0452. The third kappa shape index (κ3) is 2.18. The molecule has 0 aromatic heterocycles. The van der Waals surface area contributed by atoms with E-state index in [1.807, 2.05) is 12.1 Å². The Labute approximate surface area is 87.8 Å². The molecule has 2 atom stereocenters. The van der Waals surface area contributed by atoms with Crippen molar-refractivity contribution >= 4 is 11.6 Å². The summed E-state index contributed by atoms with van der Waals surface area (Å²) in [6.45, 7) is 1.13. The number of rotatable bonds is 2. The fraction of sp³-hybridized carbons (Fsp3) is 0.400. The molecule has 76 valence electrons. The molecule has 2 rings (SSSR count). The fourth-order valence-electron chi connectivity index (χ4n) is 1.36. The number of halogens is 1. The molecule has 1 aliphatic heterocycles. The first-order chi connectivity index (χ1) is 6.75. The van der Waals surface area contributed by atoms with Crippen molar-refractivity contribution in [2.24, 2.45) is 5.73 Å². The summed E-state index contributed by atoms with van der Waals surface area (Å²) in [7, 11) is 0. The third-order valence-electron chi connectivity index (χ3n) is 2.17. The van der Waals surface area contributed by atoms with Crippen LogP contribution in [-0.2, 0) is 4.74 Å². The minimum absolute atomic E-state index is 0.0364. The van der Waals surface area contributed by atoms with Crippen molar-refractivity contribution in [1.82, 2.24) is 0 Å². The molecule has 1 saturated heterocycles. The smallest absolute Gasteiger partial charge is 0.139 e. The van der Waals surface area contributed by atoms with Gasteiger partial charge in [0, 0.05) is 5.02 Å². The molecular formula is C10H12ClNO2. The molecule has 0 aliphatic carbocycles. The summed E-state index contributed by atoms with van der Waals surface area (Å²) >= 11 is 5.75. The highest BCUT2D eigenvalue weighted by Crippen LogP contribution is 2.19. The predicted octanol–water partition coefficient (Wildman–Crippen LogP) is 1.44. The average Bonchev–Trinajstić information content (AvgIpc) is 2.56. The largest absolute Gasteiger partial charge is 0.486 e. The lowest BCUT2D eigenvalue weighted by Gasteiger charge is -2.15. The van der Waals surface area contributed by atoms with Gasteiger partial charge in [-0.05, 0) is 24.3 Å². The van der Waals surface area contributed by atoms with Gasteiger partial charge in [0.05, 0.1) is 19.3 Å². The fourth-order valence-corrected chi connectivity index (χ4v) is 1.49. The van der Waals surface area contributed by atoms with Crippen LogP contribution in [0.25, 0.3) is 0 Å². The number of hydrogen-bond donors (Lipinski definition) is 1. The summed E-state index contributed by atoms with van der Waals surface area (Å²) in [5.41, 5.74) is 5.78. The zero-order chi connectivity index (χ0) is 9.97. The third-order valence-corrected chi connectivity index (χ3v) is 2.42. The van der Waals surface area contributed by atoms with Gasteiger partial charge in [0.15, 0.2) is 0 Å². The van der Waals surface area contributed by atoms with Crippen LogP contribution in [-0.4, -0.2) is 25.4 Å². The van der Waals surface area contributed by atoms with Crippen LogP contribution >= 0.6 is 11.6 Å². The maximum atomic E-state index is 5.78. The van der Waals surface area contributed by atoms with Gasteiger partial charge in [-0.2, -0.15) is 0 Å². The summed E-state index contributed by atoms with van der Waals surface area (Å²) in [5.74, 6) is 0.778. The monoisotopic (exact) mass is 213 g/mol. The van der Waals surface area contributed by atoms with E-state index in [0.29, 0.717) is 18.2 Å². The normalized spacial score (nSPS) is 26.4. The molecule has 4 heteroatoms. The first-order valence-electron chi connectivity index (χ1n) is 4.51. The predicted molar refractivity (Wildman–Crippen MR) is 54.7 cm³/mol. The Morgan fingerprint density at radius 1 is 1.29 bits per heavy atom. The van der Waals surface area contributed by atoms with Crippen LogP contribution in [0.15, 0.2) is 24.3 Å². The Balaban J connectivity index is 2.00. The molecule has 0 bridgehead atoms. The van der Waals surface area contributed by atoms with Crippen molar-refractivity contribution in [2.45, 2.75) is 12.1 Å². The van der Waals surface area contributed by atoms with Crippen molar-refractivity contribution in [3.05, 3.63) is 29.3 Å². The number of hydrogen-bond acceptors (Lipinski definition) is 3. The number of benzene rings is 1. The first-order valence-corrected chi connectivity index (χ1v) is 4.89. The van der Waals surface area contributed by atoms with E-state index >= 15 is 0 Å². The van der Waals surface area contributed by atoms with Crippen LogP contribution in [0, 0.1) is 0 Å². The van der Waals surface area contributed by atoms with Crippen LogP contribution < -0.4 is 10.5 Å². The molecule has 1 aromatic rings. The van der Waals surface area contributed by atoms with E-state index in [2.05, 4.69) is 0 Å². The summed E-state index contributed by atoms with van der Waals surface area (Å²) in [4.78, 5) is 0. The quantitative estimate of drug-likeness (QED) is 0.809. The molecule has 1 aromatic carbocycles. The molecule has 0 amide bonds. The van der Waals surface area contributed by atoms with Crippen LogP contribution in [0.3, 0.4) is 0 Å². The molecule has 0 spiro atoms. The summed E-state index contributed by atoms with van der Waals surface area (Å²) in [6, 6.07) is 7.20. The Kier molecular flexibility index (Phi) is 2.91. The molecule has 0 saturated carbocycles. The van der Waals surface area contributed by atoms with Gasteiger partial charge >= 0.3 is 0 Å². The highest BCUT2D eigenvalue weighted by Gasteiger charge is 2.26. The van der Waals surface area contributed by atoms with E-state index in [1.165, 1.54) is 0 Å². The lowest BCUT2D eigenvalue weighted by molar-refractivity contribution is 0.140. The Hall–Kier alpha value is -0.770. The van der Waals surface area contributed by atoms with E-state index < -0.39 is 0 Å². The molecule has 0 radical (unpaired) electrons. The molecular weight excluding hydrogens is 202 g/mol. The topological polar surface area (TPSA) is 44.5 Å². The van der Waals surface area contributed by atoms with Gasteiger partial charge in [0.25, 0.3) is 0 Å². The van der Waals surface area contributed by atoms with Gasteiger partial charge in [0.2, 0.25) is 0 Å². The summed E-state index contributed by atoms with van der Waals surface area (Å²) < 4.78 is 10.8. The van der Waals surface area contributed by atoms with Crippen LogP contribution in [0.1, 0.15) is 0 Å².